The minimum Gasteiger partial charge on any atom is -0.477 e. The van der Waals surface area contributed by atoms with E-state index in [1.165, 1.54) is 6.07 Å². The van der Waals surface area contributed by atoms with Crippen molar-refractivity contribution in [1.29, 1.82) is 0 Å². The summed E-state index contributed by atoms with van der Waals surface area (Å²) in [5.74, 6) is -0.288. The molecule has 0 aromatic heterocycles. The van der Waals surface area contributed by atoms with Crippen LogP contribution in [0.2, 0.25) is 0 Å². The Morgan fingerprint density at radius 2 is 2.00 bits per heavy atom. The average Bonchev–Trinajstić information content (AvgIpc) is 2.87. The molecular weight excluding hydrogens is 387 g/mol. The molecule has 128 valence electrons. The van der Waals surface area contributed by atoms with Crippen LogP contribution in [-0.4, -0.2) is 42.6 Å². The third kappa shape index (κ3) is 3.98. The summed E-state index contributed by atoms with van der Waals surface area (Å²) >= 11 is 3.29. The van der Waals surface area contributed by atoms with Crippen molar-refractivity contribution in [3.8, 4) is 5.75 Å². The summed E-state index contributed by atoms with van der Waals surface area (Å²) in [6.45, 7) is 4.46. The van der Waals surface area contributed by atoms with Gasteiger partial charge < -0.3 is 15.0 Å². The quantitative estimate of drug-likeness (QED) is 0.837. The Labute approximate surface area is 150 Å². The van der Waals surface area contributed by atoms with E-state index in [0.717, 1.165) is 31.5 Å². The summed E-state index contributed by atoms with van der Waals surface area (Å²) in [4.78, 5) is 14.4. The third-order valence-electron chi connectivity index (χ3n) is 4.42. The van der Waals surface area contributed by atoms with Gasteiger partial charge in [0.25, 0.3) is 5.91 Å². The van der Waals surface area contributed by atoms with E-state index in [1.54, 1.807) is 6.07 Å². The highest BCUT2D eigenvalue weighted by atomic mass is 79.9. The van der Waals surface area contributed by atoms with E-state index in [4.69, 9.17) is 4.74 Å². The Bertz CT molecular complexity index is 581. The van der Waals surface area contributed by atoms with Crippen molar-refractivity contribution < 1.29 is 13.9 Å². The number of likely N-dealkylation sites (tertiary alicyclic amines) is 1. The molecule has 0 bridgehead atoms. The first-order chi connectivity index (χ1) is 10.6. The number of ether oxygens (including phenoxy) is 1. The van der Waals surface area contributed by atoms with Crippen molar-refractivity contribution in [2.75, 3.05) is 19.6 Å². The number of amides is 1. The van der Waals surface area contributed by atoms with Gasteiger partial charge in [-0.05, 0) is 50.6 Å². The highest BCUT2D eigenvalue weighted by Gasteiger charge is 2.38. The second-order valence-corrected chi connectivity index (χ2v) is 6.79. The van der Waals surface area contributed by atoms with Gasteiger partial charge in [0.1, 0.15) is 0 Å². The predicted molar refractivity (Wildman–Crippen MR) is 92.7 cm³/mol. The molecule has 4 nitrogen and oxygen atoms in total. The molecule has 2 aliphatic rings. The van der Waals surface area contributed by atoms with E-state index in [2.05, 4.69) is 21.2 Å². The standard InChI is InChI=1S/C16H20BrFN2O2.ClH/c1-10-8-15(13(18)9-12(10)17)22-14-4-7-20(16(14)21)11-2-5-19-6-3-11;/h8-9,11,14,19H,2-7H2,1H3;1H. The van der Waals surface area contributed by atoms with Crippen molar-refractivity contribution in [2.24, 2.45) is 0 Å². The summed E-state index contributed by atoms with van der Waals surface area (Å²) in [6.07, 6.45) is 2.01. The number of piperidine rings is 1. The number of carbonyl (C=O) groups is 1. The van der Waals surface area contributed by atoms with E-state index in [0.29, 0.717) is 23.5 Å². The van der Waals surface area contributed by atoms with E-state index in [9.17, 15) is 9.18 Å². The average molecular weight is 408 g/mol. The topological polar surface area (TPSA) is 41.6 Å². The minimum absolute atomic E-state index is 0. The molecule has 1 amide bonds. The molecule has 0 aliphatic carbocycles. The lowest BCUT2D eigenvalue weighted by molar-refractivity contribution is -0.135. The van der Waals surface area contributed by atoms with Crippen LogP contribution in [0.25, 0.3) is 0 Å². The van der Waals surface area contributed by atoms with Crippen LogP contribution in [0.1, 0.15) is 24.8 Å². The molecule has 1 aromatic carbocycles. The number of hydrogen-bond donors (Lipinski definition) is 1. The Morgan fingerprint density at radius 1 is 1.30 bits per heavy atom. The molecule has 2 saturated heterocycles. The first-order valence-corrected chi connectivity index (χ1v) is 8.49. The van der Waals surface area contributed by atoms with Gasteiger partial charge in [-0.3, -0.25) is 4.79 Å². The fourth-order valence-electron chi connectivity index (χ4n) is 3.14. The highest BCUT2D eigenvalue weighted by Crippen LogP contribution is 2.29. The third-order valence-corrected chi connectivity index (χ3v) is 5.28. The second kappa shape index (κ2) is 7.81. The highest BCUT2D eigenvalue weighted by molar-refractivity contribution is 9.10. The number of carbonyl (C=O) groups excluding carboxylic acids is 1. The molecule has 1 N–H and O–H groups in total. The molecule has 0 saturated carbocycles. The van der Waals surface area contributed by atoms with Crippen LogP contribution in [-0.2, 0) is 4.79 Å². The number of halogens is 3. The van der Waals surface area contributed by atoms with E-state index in [-0.39, 0.29) is 24.1 Å². The first-order valence-electron chi connectivity index (χ1n) is 7.70. The van der Waals surface area contributed by atoms with Crippen molar-refractivity contribution >= 4 is 34.2 Å². The molecule has 2 heterocycles. The summed E-state index contributed by atoms with van der Waals surface area (Å²) in [5, 5.41) is 3.30. The van der Waals surface area contributed by atoms with Crippen LogP contribution in [0.3, 0.4) is 0 Å². The van der Waals surface area contributed by atoms with Gasteiger partial charge in [-0.2, -0.15) is 0 Å². The smallest absolute Gasteiger partial charge is 0.263 e. The molecule has 1 atom stereocenters. The van der Waals surface area contributed by atoms with Crippen LogP contribution in [0.5, 0.6) is 5.75 Å². The minimum atomic E-state index is -0.565. The van der Waals surface area contributed by atoms with Crippen molar-refractivity contribution in [1.82, 2.24) is 10.2 Å². The zero-order valence-corrected chi connectivity index (χ0v) is 15.4. The molecule has 3 rings (SSSR count). The fraction of sp³-hybridized carbons (Fsp3) is 0.562. The predicted octanol–water partition coefficient (Wildman–Crippen LogP) is 3.05. The largest absolute Gasteiger partial charge is 0.477 e. The normalized spacial score (nSPS) is 22.1. The van der Waals surface area contributed by atoms with Crippen LogP contribution in [0.15, 0.2) is 16.6 Å². The maximum atomic E-state index is 14.0. The SMILES string of the molecule is Cc1cc(OC2CCN(C3CCNCC3)C2=O)c(F)cc1Br.Cl. The molecule has 1 unspecified atom stereocenters. The van der Waals surface area contributed by atoms with Crippen LogP contribution >= 0.6 is 28.3 Å². The van der Waals surface area contributed by atoms with Crippen molar-refractivity contribution in [3.63, 3.8) is 0 Å². The molecule has 2 fully saturated rings. The number of aryl methyl sites for hydroxylation is 1. The van der Waals surface area contributed by atoms with Gasteiger partial charge in [-0.1, -0.05) is 15.9 Å². The zero-order valence-electron chi connectivity index (χ0n) is 13.0. The summed E-state index contributed by atoms with van der Waals surface area (Å²) in [5.41, 5.74) is 0.886. The summed E-state index contributed by atoms with van der Waals surface area (Å²) < 4.78 is 20.3. The Morgan fingerprint density at radius 3 is 2.70 bits per heavy atom. The molecule has 7 heteroatoms. The van der Waals surface area contributed by atoms with Crippen LogP contribution < -0.4 is 10.1 Å². The molecular formula is C16H21BrClFN2O2. The van der Waals surface area contributed by atoms with Gasteiger partial charge in [0, 0.05) is 23.5 Å². The van der Waals surface area contributed by atoms with Crippen molar-refractivity contribution in [3.05, 3.63) is 28.0 Å². The maximum absolute atomic E-state index is 14.0. The lowest BCUT2D eigenvalue weighted by atomic mass is 10.1. The number of nitrogens with one attached hydrogen (secondary N) is 1. The molecule has 0 spiro atoms. The molecule has 2 aliphatic heterocycles. The fourth-order valence-corrected chi connectivity index (χ4v) is 3.45. The van der Waals surface area contributed by atoms with E-state index < -0.39 is 11.9 Å². The van der Waals surface area contributed by atoms with Gasteiger partial charge in [0.2, 0.25) is 0 Å². The van der Waals surface area contributed by atoms with Crippen LogP contribution in [0.4, 0.5) is 4.39 Å². The van der Waals surface area contributed by atoms with Gasteiger partial charge in [0.05, 0.1) is 0 Å². The van der Waals surface area contributed by atoms with Gasteiger partial charge in [-0.25, -0.2) is 4.39 Å². The lowest BCUT2D eigenvalue weighted by Crippen LogP contribution is -2.45. The number of rotatable bonds is 3. The zero-order chi connectivity index (χ0) is 15.7. The maximum Gasteiger partial charge on any atom is 0.263 e. The number of benzene rings is 1. The molecule has 1 aromatic rings. The van der Waals surface area contributed by atoms with Gasteiger partial charge in [0.15, 0.2) is 17.7 Å². The lowest BCUT2D eigenvalue weighted by Gasteiger charge is -2.31. The summed E-state index contributed by atoms with van der Waals surface area (Å²) in [6, 6.07) is 3.31. The summed E-state index contributed by atoms with van der Waals surface area (Å²) in [7, 11) is 0. The van der Waals surface area contributed by atoms with Gasteiger partial charge >= 0.3 is 0 Å². The van der Waals surface area contributed by atoms with E-state index in [1.807, 2.05) is 11.8 Å². The molecule has 23 heavy (non-hydrogen) atoms. The number of nitrogens with zero attached hydrogens (tertiary/aromatic N) is 1. The monoisotopic (exact) mass is 406 g/mol. The van der Waals surface area contributed by atoms with Gasteiger partial charge in [-0.15, -0.1) is 12.4 Å². The number of hydrogen-bond acceptors (Lipinski definition) is 3. The van der Waals surface area contributed by atoms with Crippen LogP contribution in [0, 0.1) is 12.7 Å². The first kappa shape index (κ1) is 18.5. The van der Waals surface area contributed by atoms with E-state index >= 15 is 0 Å². The molecule has 0 radical (unpaired) electrons. The van der Waals surface area contributed by atoms with Crippen molar-refractivity contribution in [2.45, 2.75) is 38.3 Å². The Hall–Kier alpha value is -0.850. The Kier molecular flexibility index (Phi) is 6.28. The Balaban J connectivity index is 0.00000192. The second-order valence-electron chi connectivity index (χ2n) is 5.94.